The topological polar surface area (TPSA) is 44.1 Å². The van der Waals surface area contributed by atoms with Crippen LogP contribution in [0.15, 0.2) is 41.8 Å². The number of rotatable bonds is 7. The third-order valence-corrected chi connectivity index (χ3v) is 4.04. The molecule has 0 radical (unpaired) electrons. The van der Waals surface area contributed by atoms with E-state index in [0.29, 0.717) is 18.1 Å². The van der Waals surface area contributed by atoms with E-state index < -0.39 is 0 Å². The Morgan fingerprint density at radius 3 is 3.10 bits per heavy atom. The lowest BCUT2D eigenvalue weighted by Gasteiger charge is -2.07. The van der Waals surface area contributed by atoms with Crippen LogP contribution in [0.3, 0.4) is 0 Å². The van der Waals surface area contributed by atoms with Gasteiger partial charge in [-0.15, -0.1) is 0 Å². The van der Waals surface area contributed by atoms with Crippen molar-refractivity contribution in [3.63, 3.8) is 0 Å². The third kappa shape index (κ3) is 4.79. The maximum absolute atomic E-state index is 11.3. The maximum atomic E-state index is 11.3. The molecule has 2 aromatic rings. The van der Waals surface area contributed by atoms with E-state index in [0.717, 1.165) is 23.0 Å². The van der Waals surface area contributed by atoms with E-state index in [4.69, 9.17) is 16.3 Å². The number of hydrogen-bond acceptors (Lipinski definition) is 4. The van der Waals surface area contributed by atoms with Gasteiger partial charge in [-0.3, -0.25) is 9.36 Å². The van der Waals surface area contributed by atoms with Gasteiger partial charge in [-0.2, -0.15) is 0 Å². The minimum Gasteiger partial charge on any atom is -0.466 e. The zero-order valence-corrected chi connectivity index (χ0v) is 13.4. The molecule has 4 nitrogen and oxygen atoms in total. The Labute approximate surface area is 133 Å². The lowest BCUT2D eigenvalue weighted by molar-refractivity contribution is -0.143. The van der Waals surface area contributed by atoms with E-state index >= 15 is 0 Å². The number of benzene rings is 1. The van der Waals surface area contributed by atoms with Crippen molar-refractivity contribution in [2.75, 3.05) is 12.4 Å². The van der Waals surface area contributed by atoms with Crippen molar-refractivity contribution in [1.29, 1.82) is 0 Å². The van der Waals surface area contributed by atoms with Crippen molar-refractivity contribution in [1.82, 2.24) is 9.55 Å². The Kier molecular flexibility index (Phi) is 6.14. The maximum Gasteiger partial charge on any atom is 0.305 e. The molecule has 0 amide bonds. The van der Waals surface area contributed by atoms with Crippen LogP contribution < -0.4 is 0 Å². The summed E-state index contributed by atoms with van der Waals surface area (Å²) in [5.41, 5.74) is 0.980. The monoisotopic (exact) mass is 324 g/mol. The molecule has 112 valence electrons. The second-order valence-electron chi connectivity index (χ2n) is 4.32. The molecule has 0 saturated heterocycles. The summed E-state index contributed by atoms with van der Waals surface area (Å²) in [7, 11) is 0. The Morgan fingerprint density at radius 1 is 1.48 bits per heavy atom. The van der Waals surface area contributed by atoms with Crippen LogP contribution in [0.2, 0.25) is 5.02 Å². The second kappa shape index (κ2) is 8.10. The molecule has 2 rings (SSSR count). The Balaban J connectivity index is 1.91. The van der Waals surface area contributed by atoms with Crippen LogP contribution in [0.25, 0.3) is 5.69 Å². The van der Waals surface area contributed by atoms with Crippen LogP contribution in [-0.4, -0.2) is 27.9 Å². The highest BCUT2D eigenvalue weighted by molar-refractivity contribution is 7.99. The van der Waals surface area contributed by atoms with Crippen LogP contribution in [0.5, 0.6) is 0 Å². The molecule has 0 aliphatic heterocycles. The van der Waals surface area contributed by atoms with Crippen LogP contribution in [-0.2, 0) is 9.53 Å². The molecule has 0 unspecified atom stereocenters. The predicted molar refractivity (Wildman–Crippen MR) is 85.2 cm³/mol. The van der Waals surface area contributed by atoms with Crippen molar-refractivity contribution >= 4 is 29.3 Å². The Hall–Kier alpha value is -1.46. The highest BCUT2D eigenvalue weighted by atomic mass is 35.5. The van der Waals surface area contributed by atoms with Gasteiger partial charge in [0.2, 0.25) is 0 Å². The van der Waals surface area contributed by atoms with Gasteiger partial charge in [0.15, 0.2) is 5.16 Å². The first kappa shape index (κ1) is 15.9. The quantitative estimate of drug-likeness (QED) is 0.439. The number of imidazole rings is 1. The molecule has 0 saturated carbocycles. The summed E-state index contributed by atoms with van der Waals surface area (Å²) in [6.45, 7) is 2.25. The van der Waals surface area contributed by atoms with E-state index in [1.165, 1.54) is 0 Å². The van der Waals surface area contributed by atoms with Gasteiger partial charge < -0.3 is 4.74 Å². The fraction of sp³-hybridized carbons (Fsp3) is 0.333. The molecule has 0 N–H and O–H groups in total. The number of carbonyl (C=O) groups excluding carboxylic acids is 1. The lowest BCUT2D eigenvalue weighted by atomic mass is 10.3. The van der Waals surface area contributed by atoms with E-state index in [-0.39, 0.29) is 5.97 Å². The highest BCUT2D eigenvalue weighted by Gasteiger charge is 2.07. The molecule has 0 spiro atoms. The van der Waals surface area contributed by atoms with Crippen LogP contribution in [0.1, 0.15) is 19.8 Å². The van der Waals surface area contributed by atoms with Gasteiger partial charge in [-0.1, -0.05) is 29.4 Å². The Morgan fingerprint density at radius 2 is 2.33 bits per heavy atom. The zero-order valence-electron chi connectivity index (χ0n) is 11.8. The van der Waals surface area contributed by atoms with Gasteiger partial charge in [0.1, 0.15) is 0 Å². The molecular formula is C15H17ClN2O2S. The van der Waals surface area contributed by atoms with Crippen molar-refractivity contribution in [3.05, 3.63) is 41.7 Å². The van der Waals surface area contributed by atoms with Crippen molar-refractivity contribution in [3.8, 4) is 5.69 Å². The number of nitrogens with zero attached hydrogens (tertiary/aromatic N) is 2. The fourth-order valence-corrected chi connectivity index (χ4v) is 2.93. The van der Waals surface area contributed by atoms with Gasteiger partial charge in [0, 0.05) is 35.3 Å². The third-order valence-electron chi connectivity index (χ3n) is 2.75. The summed E-state index contributed by atoms with van der Waals surface area (Å²) >= 11 is 7.63. The second-order valence-corrected chi connectivity index (χ2v) is 5.82. The first-order valence-electron chi connectivity index (χ1n) is 6.78. The largest absolute Gasteiger partial charge is 0.466 e. The molecule has 1 aromatic heterocycles. The van der Waals surface area contributed by atoms with E-state index in [9.17, 15) is 4.79 Å². The van der Waals surface area contributed by atoms with Crippen molar-refractivity contribution < 1.29 is 9.53 Å². The average molecular weight is 325 g/mol. The molecule has 6 heteroatoms. The molecule has 0 aliphatic rings. The van der Waals surface area contributed by atoms with Gasteiger partial charge in [0.05, 0.1) is 6.61 Å². The number of hydrogen-bond donors (Lipinski definition) is 0. The minimum absolute atomic E-state index is 0.142. The molecule has 0 bridgehead atoms. The predicted octanol–water partition coefficient (Wildman–Crippen LogP) is 3.96. The molecule has 1 heterocycles. The lowest BCUT2D eigenvalue weighted by Crippen LogP contribution is -2.04. The first-order valence-corrected chi connectivity index (χ1v) is 8.14. The highest BCUT2D eigenvalue weighted by Crippen LogP contribution is 2.23. The van der Waals surface area contributed by atoms with E-state index in [1.54, 1.807) is 18.0 Å². The summed E-state index contributed by atoms with van der Waals surface area (Å²) in [5.74, 6) is 0.674. The normalized spacial score (nSPS) is 10.6. The van der Waals surface area contributed by atoms with Gasteiger partial charge in [0.25, 0.3) is 0 Å². The van der Waals surface area contributed by atoms with Crippen LogP contribution in [0.4, 0.5) is 0 Å². The summed E-state index contributed by atoms with van der Waals surface area (Å²) in [5, 5.41) is 1.58. The van der Waals surface area contributed by atoms with Gasteiger partial charge in [-0.25, -0.2) is 4.98 Å². The summed E-state index contributed by atoms with van der Waals surface area (Å²) in [4.78, 5) is 15.6. The Bertz CT molecular complexity index is 601. The average Bonchev–Trinajstić information content (AvgIpc) is 2.92. The van der Waals surface area contributed by atoms with Gasteiger partial charge in [-0.05, 0) is 31.5 Å². The fourth-order valence-electron chi connectivity index (χ4n) is 1.83. The molecule has 21 heavy (non-hydrogen) atoms. The summed E-state index contributed by atoms with van der Waals surface area (Å²) in [6, 6.07) is 7.63. The number of halogens is 1. The molecule has 0 aliphatic carbocycles. The van der Waals surface area contributed by atoms with E-state index in [2.05, 4.69) is 4.98 Å². The van der Waals surface area contributed by atoms with Crippen molar-refractivity contribution in [2.24, 2.45) is 0 Å². The number of aromatic nitrogens is 2. The van der Waals surface area contributed by atoms with Crippen LogP contribution >= 0.6 is 23.4 Å². The SMILES string of the molecule is CCOC(=O)CCCSc1nccn1-c1cccc(Cl)c1. The number of carbonyl (C=O) groups is 1. The molecule has 1 aromatic carbocycles. The molecule has 0 fully saturated rings. The smallest absolute Gasteiger partial charge is 0.305 e. The summed E-state index contributed by atoms with van der Waals surface area (Å²) in [6.07, 6.45) is 4.87. The number of ether oxygens (including phenoxy) is 1. The van der Waals surface area contributed by atoms with E-state index in [1.807, 2.05) is 42.0 Å². The standard InChI is InChI=1S/C15H17ClN2O2S/c1-2-20-14(19)7-4-10-21-15-17-8-9-18(15)13-6-3-5-12(16)11-13/h3,5-6,8-9,11H,2,4,7,10H2,1H3. The number of thioether (sulfide) groups is 1. The van der Waals surface area contributed by atoms with Crippen LogP contribution in [0, 0.1) is 0 Å². The first-order chi connectivity index (χ1) is 10.2. The number of esters is 1. The zero-order chi connectivity index (χ0) is 15.1. The summed E-state index contributed by atoms with van der Waals surface area (Å²) < 4.78 is 6.89. The van der Waals surface area contributed by atoms with Gasteiger partial charge >= 0.3 is 5.97 Å². The molecule has 0 atom stereocenters. The minimum atomic E-state index is -0.142. The molecular weight excluding hydrogens is 308 g/mol. The van der Waals surface area contributed by atoms with Crippen molar-refractivity contribution in [2.45, 2.75) is 24.9 Å².